The van der Waals surface area contributed by atoms with Gasteiger partial charge in [-0.25, -0.2) is 4.79 Å². The van der Waals surface area contributed by atoms with E-state index in [2.05, 4.69) is 20.8 Å². The molecule has 0 radical (unpaired) electrons. The van der Waals surface area contributed by atoms with Crippen LogP contribution in [0.2, 0.25) is 0 Å². The Morgan fingerprint density at radius 1 is 1.45 bits per heavy atom. The molecule has 2 amide bonds. The first-order chi connectivity index (χ1) is 9.56. The van der Waals surface area contributed by atoms with Crippen molar-refractivity contribution in [2.24, 2.45) is 5.92 Å². The molecule has 2 unspecified atom stereocenters. The topological polar surface area (TPSA) is 117 Å². The molecule has 20 heavy (non-hydrogen) atoms. The molecule has 0 spiro atoms. The van der Waals surface area contributed by atoms with E-state index in [9.17, 15) is 9.59 Å². The Balaban J connectivity index is 1.71. The molecule has 1 aliphatic carbocycles. The first-order valence-electron chi connectivity index (χ1n) is 6.62. The number of aliphatic carboxylic acids is 1. The highest BCUT2D eigenvalue weighted by Crippen LogP contribution is 2.25. The number of hydrogen-bond acceptors (Lipinski definition) is 5. The molecule has 1 aromatic rings. The fourth-order valence-corrected chi connectivity index (χ4v) is 2.38. The number of urea groups is 1. The van der Waals surface area contributed by atoms with Crippen molar-refractivity contribution in [3.8, 4) is 0 Å². The Bertz CT molecular complexity index is 488. The largest absolute Gasteiger partial charge is 0.481 e. The standard InChI is InChI=1S/C12H18N4O4/c1-7-14-10(16-20-7)5-6-13-12(19)15-9-4-2-3-8(9)11(17)18/h8-9H,2-6H2,1H3,(H,17,18)(H2,13,15,19). The molecule has 2 atom stereocenters. The summed E-state index contributed by atoms with van der Waals surface area (Å²) in [5.74, 6) is -0.317. The number of hydrogen-bond donors (Lipinski definition) is 3. The van der Waals surface area contributed by atoms with Crippen molar-refractivity contribution < 1.29 is 19.2 Å². The summed E-state index contributed by atoms with van der Waals surface area (Å²) in [7, 11) is 0. The monoisotopic (exact) mass is 282 g/mol. The summed E-state index contributed by atoms with van der Waals surface area (Å²) in [5, 5.41) is 18.1. The van der Waals surface area contributed by atoms with E-state index in [4.69, 9.17) is 9.63 Å². The lowest BCUT2D eigenvalue weighted by Crippen LogP contribution is -2.45. The molecule has 0 aromatic carbocycles. The highest BCUT2D eigenvalue weighted by molar-refractivity contribution is 5.77. The zero-order chi connectivity index (χ0) is 14.5. The summed E-state index contributed by atoms with van der Waals surface area (Å²) in [6.07, 6.45) is 2.61. The Morgan fingerprint density at radius 2 is 2.25 bits per heavy atom. The molecule has 1 saturated carbocycles. The lowest BCUT2D eigenvalue weighted by Gasteiger charge is -2.17. The SMILES string of the molecule is Cc1nc(CCNC(=O)NC2CCCC2C(=O)O)no1. The van der Waals surface area contributed by atoms with Gasteiger partial charge in [-0.1, -0.05) is 11.6 Å². The van der Waals surface area contributed by atoms with Crippen LogP contribution in [0.3, 0.4) is 0 Å². The molecule has 1 fully saturated rings. The fourth-order valence-electron chi connectivity index (χ4n) is 2.38. The number of aryl methyl sites for hydroxylation is 1. The van der Waals surface area contributed by atoms with Crippen molar-refractivity contribution in [2.45, 2.75) is 38.6 Å². The van der Waals surface area contributed by atoms with Crippen LogP contribution in [0.4, 0.5) is 4.79 Å². The van der Waals surface area contributed by atoms with Crippen molar-refractivity contribution in [2.75, 3.05) is 6.54 Å². The third kappa shape index (κ3) is 3.69. The van der Waals surface area contributed by atoms with Gasteiger partial charge >= 0.3 is 12.0 Å². The van der Waals surface area contributed by atoms with Crippen LogP contribution in [0.15, 0.2) is 4.52 Å². The van der Waals surface area contributed by atoms with Crippen LogP contribution < -0.4 is 10.6 Å². The average Bonchev–Trinajstić information content (AvgIpc) is 2.98. The third-order valence-electron chi connectivity index (χ3n) is 3.35. The molecule has 8 nitrogen and oxygen atoms in total. The number of nitrogens with one attached hydrogen (secondary N) is 2. The van der Waals surface area contributed by atoms with E-state index >= 15 is 0 Å². The maximum atomic E-state index is 11.7. The minimum atomic E-state index is -0.852. The van der Waals surface area contributed by atoms with E-state index in [0.717, 1.165) is 6.42 Å². The maximum Gasteiger partial charge on any atom is 0.315 e. The second kappa shape index (κ2) is 6.36. The predicted molar refractivity (Wildman–Crippen MR) is 68.0 cm³/mol. The number of rotatable bonds is 5. The van der Waals surface area contributed by atoms with E-state index in [1.54, 1.807) is 6.92 Å². The molecule has 3 N–H and O–H groups in total. The summed E-state index contributed by atoms with van der Waals surface area (Å²) in [5.41, 5.74) is 0. The Labute approximate surface area is 115 Å². The number of amides is 2. The van der Waals surface area contributed by atoms with Crippen LogP contribution in [0.1, 0.15) is 31.0 Å². The summed E-state index contributed by atoms with van der Waals surface area (Å²) < 4.78 is 4.82. The van der Waals surface area contributed by atoms with Crippen LogP contribution in [0.25, 0.3) is 0 Å². The molecule has 8 heteroatoms. The molecule has 0 saturated heterocycles. The second-order valence-corrected chi connectivity index (χ2v) is 4.86. The minimum absolute atomic E-state index is 0.292. The smallest absolute Gasteiger partial charge is 0.315 e. The predicted octanol–water partition coefficient (Wildman–Crippen LogP) is 0.473. The Morgan fingerprint density at radius 3 is 2.90 bits per heavy atom. The third-order valence-corrected chi connectivity index (χ3v) is 3.35. The molecular weight excluding hydrogens is 264 g/mol. The van der Waals surface area contributed by atoms with Gasteiger partial charge in [0.05, 0.1) is 5.92 Å². The number of carbonyl (C=O) groups is 2. The van der Waals surface area contributed by atoms with Crippen LogP contribution in [0, 0.1) is 12.8 Å². The lowest BCUT2D eigenvalue weighted by atomic mass is 10.0. The van der Waals surface area contributed by atoms with Gasteiger partial charge in [0.25, 0.3) is 0 Å². The van der Waals surface area contributed by atoms with E-state index in [1.807, 2.05) is 0 Å². The number of nitrogens with zero attached hydrogens (tertiary/aromatic N) is 2. The first-order valence-corrected chi connectivity index (χ1v) is 6.62. The van der Waals surface area contributed by atoms with E-state index in [-0.39, 0.29) is 12.1 Å². The van der Waals surface area contributed by atoms with Gasteiger partial charge in [-0.3, -0.25) is 4.79 Å². The zero-order valence-electron chi connectivity index (χ0n) is 11.3. The van der Waals surface area contributed by atoms with Crippen molar-refractivity contribution in [3.63, 3.8) is 0 Å². The first kappa shape index (κ1) is 14.3. The summed E-state index contributed by atoms with van der Waals surface area (Å²) >= 11 is 0. The van der Waals surface area contributed by atoms with E-state index in [1.165, 1.54) is 0 Å². The fraction of sp³-hybridized carbons (Fsp3) is 0.667. The highest BCUT2D eigenvalue weighted by Gasteiger charge is 2.33. The van der Waals surface area contributed by atoms with Crippen molar-refractivity contribution in [1.29, 1.82) is 0 Å². The van der Waals surface area contributed by atoms with Crippen molar-refractivity contribution in [1.82, 2.24) is 20.8 Å². The summed E-state index contributed by atoms with van der Waals surface area (Å²) in [4.78, 5) is 26.7. The molecular formula is C12H18N4O4. The number of carbonyl (C=O) groups excluding carboxylic acids is 1. The van der Waals surface area contributed by atoms with Crippen molar-refractivity contribution >= 4 is 12.0 Å². The van der Waals surface area contributed by atoms with Gasteiger partial charge in [-0.05, 0) is 12.8 Å². The summed E-state index contributed by atoms with van der Waals surface area (Å²) in [6, 6.07) is -0.650. The van der Waals surface area contributed by atoms with Crippen molar-refractivity contribution in [3.05, 3.63) is 11.7 Å². The van der Waals surface area contributed by atoms with Crippen LogP contribution in [-0.2, 0) is 11.2 Å². The molecule has 1 heterocycles. The Kier molecular flexibility index (Phi) is 4.54. The normalized spacial score (nSPS) is 21.6. The minimum Gasteiger partial charge on any atom is -0.481 e. The lowest BCUT2D eigenvalue weighted by molar-refractivity contribution is -0.142. The van der Waals surface area contributed by atoms with Gasteiger partial charge in [0.1, 0.15) is 0 Å². The van der Waals surface area contributed by atoms with E-state index in [0.29, 0.717) is 37.5 Å². The second-order valence-electron chi connectivity index (χ2n) is 4.86. The van der Waals surface area contributed by atoms with Gasteiger partial charge in [0.2, 0.25) is 5.89 Å². The van der Waals surface area contributed by atoms with E-state index < -0.39 is 11.9 Å². The molecule has 2 rings (SSSR count). The van der Waals surface area contributed by atoms with Gasteiger partial charge in [0.15, 0.2) is 5.82 Å². The van der Waals surface area contributed by atoms with Gasteiger partial charge < -0.3 is 20.3 Å². The number of carboxylic acid groups (broad SMARTS) is 1. The van der Waals surface area contributed by atoms with Gasteiger partial charge in [-0.2, -0.15) is 4.98 Å². The highest BCUT2D eigenvalue weighted by atomic mass is 16.5. The number of aromatic nitrogens is 2. The zero-order valence-corrected chi connectivity index (χ0v) is 11.3. The quantitative estimate of drug-likeness (QED) is 0.722. The van der Waals surface area contributed by atoms with Gasteiger partial charge in [-0.15, -0.1) is 0 Å². The molecule has 1 aromatic heterocycles. The average molecular weight is 282 g/mol. The Hall–Kier alpha value is -2.12. The number of carboxylic acids is 1. The van der Waals surface area contributed by atoms with Gasteiger partial charge in [0, 0.05) is 25.9 Å². The maximum absolute atomic E-state index is 11.7. The molecule has 1 aliphatic rings. The van der Waals surface area contributed by atoms with Crippen LogP contribution in [-0.4, -0.2) is 39.8 Å². The van der Waals surface area contributed by atoms with Crippen LogP contribution in [0.5, 0.6) is 0 Å². The molecule has 110 valence electrons. The molecule has 0 bridgehead atoms. The molecule has 0 aliphatic heterocycles. The van der Waals surface area contributed by atoms with Crippen LogP contribution >= 0.6 is 0 Å². The summed E-state index contributed by atoms with van der Waals surface area (Å²) in [6.45, 7) is 2.07.